The summed E-state index contributed by atoms with van der Waals surface area (Å²) < 4.78 is 2.52. The van der Waals surface area contributed by atoms with Gasteiger partial charge in [-0.2, -0.15) is 0 Å². The highest BCUT2D eigenvalue weighted by molar-refractivity contribution is 7.50. The maximum Gasteiger partial charge on any atom is 0.0975 e. The van der Waals surface area contributed by atoms with Crippen LogP contribution in [0.15, 0.2) is 205 Å². The number of hydrogen-bond donors (Lipinski definition) is 0. The van der Waals surface area contributed by atoms with Crippen molar-refractivity contribution in [2.45, 2.75) is 5.78 Å². The Morgan fingerprint density at radius 2 is 0.818 bits per heavy atom. The zero-order valence-electron chi connectivity index (χ0n) is 30.0. The quantitative estimate of drug-likeness (QED) is 0.125. The molecule has 0 bridgehead atoms. The van der Waals surface area contributed by atoms with Gasteiger partial charge in [0.1, 0.15) is 0 Å². The van der Waals surface area contributed by atoms with Gasteiger partial charge >= 0.3 is 0 Å². The van der Waals surface area contributed by atoms with E-state index in [9.17, 15) is 0 Å². The lowest BCUT2D eigenvalue weighted by atomic mass is 9.93. The number of aromatic nitrogens is 1. The summed E-state index contributed by atoms with van der Waals surface area (Å²) in [5.41, 5.74) is 12.0. The van der Waals surface area contributed by atoms with Crippen LogP contribution < -0.4 is 0 Å². The van der Waals surface area contributed by atoms with Crippen molar-refractivity contribution >= 4 is 73.9 Å². The van der Waals surface area contributed by atoms with Crippen LogP contribution in [0.3, 0.4) is 0 Å². The second-order valence-electron chi connectivity index (χ2n) is 14.4. The largest absolute Gasteiger partial charge is 0.309 e. The SMILES string of the molecule is C1=C(n2c3ccc(-c4ccccc4)cc3c3cc(-c4ccccc4)ccc32)PC(c2ccc3c4ccccc4c4ccccc4c3c2)N=C1c1ccccc1. The van der Waals surface area contributed by atoms with Crippen molar-refractivity contribution < 1.29 is 0 Å². The van der Waals surface area contributed by atoms with E-state index in [-0.39, 0.29) is 5.78 Å². The standard InChI is InChI=1S/C52H35N2P/c1-4-14-34(15-5-1)37-25-28-49-46(30-37)47-31-38(35-16-6-2-7-17-35)26-29-50(47)54(49)51-33-48(36-18-8-3-9-19-36)53-52(55-51)39-24-27-44-42-22-11-10-20-40(42)41-21-12-13-23-43(41)45(44)32-39/h1-33,52,55H. The van der Waals surface area contributed by atoms with Gasteiger partial charge in [-0.1, -0.05) is 164 Å². The first-order valence-electron chi connectivity index (χ1n) is 18.9. The van der Waals surface area contributed by atoms with Gasteiger partial charge in [-0.05, 0) is 111 Å². The molecular weight excluding hydrogens is 684 g/mol. The van der Waals surface area contributed by atoms with E-state index in [1.54, 1.807) is 0 Å². The second kappa shape index (κ2) is 13.1. The van der Waals surface area contributed by atoms with Crippen LogP contribution in [-0.4, -0.2) is 10.3 Å². The molecule has 0 amide bonds. The number of allylic oxidation sites excluding steroid dienone is 1. The summed E-state index contributed by atoms with van der Waals surface area (Å²) in [7, 11) is 0.419. The first kappa shape index (κ1) is 31.9. The van der Waals surface area contributed by atoms with Crippen molar-refractivity contribution in [3.63, 3.8) is 0 Å². The number of nitrogens with zero attached hydrogens (tertiary/aromatic N) is 2. The molecule has 1 aliphatic heterocycles. The fraction of sp³-hybridized carbons (Fsp3) is 0.0192. The summed E-state index contributed by atoms with van der Waals surface area (Å²) >= 11 is 0. The van der Waals surface area contributed by atoms with Gasteiger partial charge in [-0.3, -0.25) is 4.99 Å². The molecule has 0 spiro atoms. The predicted octanol–water partition coefficient (Wildman–Crippen LogP) is 14.3. The molecule has 0 N–H and O–H groups in total. The van der Waals surface area contributed by atoms with Crippen molar-refractivity contribution in [3.05, 3.63) is 211 Å². The van der Waals surface area contributed by atoms with E-state index in [2.05, 4.69) is 205 Å². The summed E-state index contributed by atoms with van der Waals surface area (Å²) in [6, 6.07) is 70.8. The highest BCUT2D eigenvalue weighted by Crippen LogP contribution is 2.51. The van der Waals surface area contributed by atoms with Crippen molar-refractivity contribution in [2.75, 3.05) is 0 Å². The molecule has 0 radical (unpaired) electrons. The molecule has 55 heavy (non-hydrogen) atoms. The molecule has 1 aromatic heterocycles. The molecule has 2 unspecified atom stereocenters. The molecular formula is C52H35N2P. The number of aliphatic imine (C=N–C) groups is 1. The molecule has 2 atom stereocenters. The number of benzene rings is 9. The average Bonchev–Trinajstić information content (AvgIpc) is 3.60. The zero-order chi connectivity index (χ0) is 36.3. The van der Waals surface area contributed by atoms with Gasteiger partial charge in [-0.25, -0.2) is 0 Å². The first-order valence-corrected chi connectivity index (χ1v) is 20.0. The third-order valence-electron chi connectivity index (χ3n) is 11.2. The van der Waals surface area contributed by atoms with Gasteiger partial charge < -0.3 is 4.57 Å². The maximum absolute atomic E-state index is 5.54. The van der Waals surface area contributed by atoms with Crippen LogP contribution in [0.2, 0.25) is 0 Å². The summed E-state index contributed by atoms with van der Waals surface area (Å²) in [4.78, 5) is 5.54. The average molecular weight is 719 g/mol. The Balaban J connectivity index is 1.12. The van der Waals surface area contributed by atoms with E-state index >= 15 is 0 Å². The fourth-order valence-corrected chi connectivity index (χ4v) is 9.99. The lowest BCUT2D eigenvalue weighted by molar-refractivity contribution is 1.02. The highest BCUT2D eigenvalue weighted by atomic mass is 31.1. The van der Waals surface area contributed by atoms with Crippen molar-refractivity contribution in [1.29, 1.82) is 0 Å². The topological polar surface area (TPSA) is 17.3 Å². The summed E-state index contributed by atoms with van der Waals surface area (Å²) in [5, 5.41) is 10.2. The predicted molar refractivity (Wildman–Crippen MR) is 238 cm³/mol. The van der Waals surface area contributed by atoms with Crippen LogP contribution >= 0.6 is 8.58 Å². The van der Waals surface area contributed by atoms with Crippen molar-refractivity contribution in [3.8, 4) is 22.3 Å². The van der Waals surface area contributed by atoms with Crippen LogP contribution in [0.1, 0.15) is 16.9 Å². The molecule has 0 saturated heterocycles. The van der Waals surface area contributed by atoms with E-state index in [1.165, 1.54) is 87.4 Å². The molecule has 0 aliphatic carbocycles. The van der Waals surface area contributed by atoms with Crippen LogP contribution in [0, 0.1) is 0 Å². The lowest BCUT2D eigenvalue weighted by Gasteiger charge is -2.24. The van der Waals surface area contributed by atoms with Crippen LogP contribution in [0.4, 0.5) is 0 Å². The van der Waals surface area contributed by atoms with Crippen molar-refractivity contribution in [1.82, 2.24) is 4.57 Å². The van der Waals surface area contributed by atoms with Crippen molar-refractivity contribution in [2.24, 2.45) is 4.99 Å². The van der Waals surface area contributed by atoms with Crippen LogP contribution in [0.5, 0.6) is 0 Å². The summed E-state index contributed by atoms with van der Waals surface area (Å²) in [6.45, 7) is 0. The Bertz CT molecular complexity index is 3030. The van der Waals surface area contributed by atoms with Gasteiger partial charge in [0.15, 0.2) is 0 Å². The number of rotatable bonds is 5. The Hall–Kier alpha value is -6.60. The Labute approximate surface area is 321 Å². The molecule has 3 heteroatoms. The van der Waals surface area contributed by atoms with E-state index in [1.807, 2.05) is 0 Å². The van der Waals surface area contributed by atoms with E-state index < -0.39 is 0 Å². The summed E-state index contributed by atoms with van der Waals surface area (Å²) in [6.07, 6.45) is 2.34. The normalized spacial score (nSPS) is 14.9. The van der Waals surface area contributed by atoms with E-state index in [4.69, 9.17) is 4.99 Å². The van der Waals surface area contributed by atoms with Gasteiger partial charge in [0.05, 0.1) is 22.5 Å². The fourth-order valence-electron chi connectivity index (χ4n) is 8.57. The minimum atomic E-state index is -0.0375. The van der Waals surface area contributed by atoms with Gasteiger partial charge in [-0.15, -0.1) is 0 Å². The molecule has 0 fully saturated rings. The number of hydrogen-bond acceptors (Lipinski definition) is 1. The van der Waals surface area contributed by atoms with Gasteiger partial charge in [0, 0.05) is 16.2 Å². The lowest BCUT2D eigenvalue weighted by Crippen LogP contribution is -2.08. The molecule has 1 aliphatic rings. The minimum Gasteiger partial charge on any atom is -0.309 e. The van der Waals surface area contributed by atoms with Gasteiger partial charge in [0.2, 0.25) is 0 Å². The molecule has 258 valence electrons. The van der Waals surface area contributed by atoms with E-state index in [0.29, 0.717) is 8.58 Å². The third kappa shape index (κ3) is 5.41. The molecule has 2 nitrogen and oxygen atoms in total. The molecule has 10 aromatic rings. The molecule has 9 aromatic carbocycles. The number of fused-ring (bicyclic) bond motifs is 9. The third-order valence-corrected chi connectivity index (χ3v) is 12.6. The van der Waals surface area contributed by atoms with Crippen LogP contribution in [0.25, 0.3) is 81.8 Å². The first-order chi connectivity index (χ1) is 27.3. The molecule has 0 saturated carbocycles. The zero-order valence-corrected chi connectivity index (χ0v) is 31.0. The van der Waals surface area contributed by atoms with Gasteiger partial charge in [0.25, 0.3) is 0 Å². The van der Waals surface area contributed by atoms with E-state index in [0.717, 1.165) is 11.3 Å². The Kier molecular flexibility index (Phi) is 7.57. The minimum absolute atomic E-state index is 0.0375. The monoisotopic (exact) mass is 718 g/mol. The maximum atomic E-state index is 5.54. The Morgan fingerprint density at radius 3 is 1.35 bits per heavy atom. The summed E-state index contributed by atoms with van der Waals surface area (Å²) in [5.74, 6) is -0.0375. The smallest absolute Gasteiger partial charge is 0.0975 e. The highest BCUT2D eigenvalue weighted by Gasteiger charge is 2.25. The molecule has 2 heterocycles. The molecule has 11 rings (SSSR count). The van der Waals surface area contributed by atoms with Crippen LogP contribution in [-0.2, 0) is 0 Å². The Morgan fingerprint density at radius 1 is 0.364 bits per heavy atom. The second-order valence-corrected chi connectivity index (χ2v) is 15.7.